The van der Waals surface area contributed by atoms with Gasteiger partial charge in [-0.2, -0.15) is 0 Å². The first-order valence-electron chi connectivity index (χ1n) is 9.40. The number of esters is 1. The summed E-state index contributed by atoms with van der Waals surface area (Å²) < 4.78 is 4.77. The van der Waals surface area contributed by atoms with Gasteiger partial charge in [0.2, 0.25) is 5.91 Å². The van der Waals surface area contributed by atoms with Gasteiger partial charge in [-0.05, 0) is 49.9 Å². The second-order valence-electron chi connectivity index (χ2n) is 7.22. The number of ether oxygens (including phenoxy) is 1. The minimum Gasteiger partial charge on any atom is -0.464 e. The first-order chi connectivity index (χ1) is 13.4. The summed E-state index contributed by atoms with van der Waals surface area (Å²) in [4.78, 5) is 46.4. The molecular formula is C21H25N3O4. The first-order valence-corrected chi connectivity index (χ1v) is 9.40. The van der Waals surface area contributed by atoms with E-state index in [-0.39, 0.29) is 29.8 Å². The van der Waals surface area contributed by atoms with Gasteiger partial charge in [0.05, 0.1) is 13.7 Å². The van der Waals surface area contributed by atoms with Crippen molar-refractivity contribution >= 4 is 17.7 Å². The molecule has 7 heteroatoms. The van der Waals surface area contributed by atoms with Crippen molar-refractivity contribution < 1.29 is 19.1 Å². The van der Waals surface area contributed by atoms with E-state index in [9.17, 15) is 14.4 Å². The third kappa shape index (κ3) is 3.98. The molecule has 0 saturated heterocycles. The summed E-state index contributed by atoms with van der Waals surface area (Å²) in [5.41, 5.74) is 2.79. The van der Waals surface area contributed by atoms with E-state index in [2.05, 4.69) is 9.97 Å². The van der Waals surface area contributed by atoms with E-state index < -0.39 is 5.97 Å². The van der Waals surface area contributed by atoms with Crippen molar-refractivity contribution in [2.45, 2.75) is 39.7 Å². The van der Waals surface area contributed by atoms with Crippen molar-refractivity contribution in [3.05, 3.63) is 52.6 Å². The SMILES string of the molecule is COC(=O)c1[nH]c(C)c(C(=O)CN(Cc2ccncc2)C(=O)C2CCC2)c1C. The summed E-state index contributed by atoms with van der Waals surface area (Å²) in [6, 6.07) is 3.68. The van der Waals surface area contributed by atoms with Gasteiger partial charge >= 0.3 is 5.97 Å². The number of hydrogen-bond acceptors (Lipinski definition) is 5. The molecule has 0 unspecified atom stereocenters. The highest BCUT2D eigenvalue weighted by Crippen LogP contribution is 2.29. The number of methoxy groups -OCH3 is 1. The summed E-state index contributed by atoms with van der Waals surface area (Å²) >= 11 is 0. The Labute approximate surface area is 164 Å². The number of H-pyrrole nitrogens is 1. The van der Waals surface area contributed by atoms with Crippen LogP contribution >= 0.6 is 0 Å². The number of aromatic nitrogens is 2. The summed E-state index contributed by atoms with van der Waals surface area (Å²) in [5, 5.41) is 0. The molecule has 28 heavy (non-hydrogen) atoms. The zero-order valence-electron chi connectivity index (χ0n) is 16.4. The van der Waals surface area contributed by atoms with Crippen LogP contribution < -0.4 is 0 Å². The third-order valence-electron chi connectivity index (χ3n) is 5.33. The number of nitrogens with zero attached hydrogens (tertiary/aromatic N) is 2. The van der Waals surface area contributed by atoms with Crippen molar-refractivity contribution in [2.75, 3.05) is 13.7 Å². The Balaban J connectivity index is 1.84. The predicted octanol–water partition coefficient (Wildman–Crippen LogP) is 2.82. The minimum absolute atomic E-state index is 0.00585. The van der Waals surface area contributed by atoms with Gasteiger partial charge < -0.3 is 14.6 Å². The molecule has 0 atom stereocenters. The Morgan fingerprint density at radius 2 is 1.89 bits per heavy atom. The van der Waals surface area contributed by atoms with Crippen molar-refractivity contribution in [2.24, 2.45) is 5.92 Å². The number of hydrogen-bond donors (Lipinski definition) is 1. The Hall–Kier alpha value is -2.96. The zero-order valence-corrected chi connectivity index (χ0v) is 16.4. The number of ketones is 1. The largest absolute Gasteiger partial charge is 0.464 e. The van der Waals surface area contributed by atoms with Crippen LogP contribution in [-0.2, 0) is 16.1 Å². The molecule has 1 fully saturated rings. The summed E-state index contributed by atoms with van der Waals surface area (Å²) in [7, 11) is 1.30. The molecule has 1 saturated carbocycles. The van der Waals surface area contributed by atoms with Crippen LogP contribution in [0.5, 0.6) is 0 Å². The van der Waals surface area contributed by atoms with E-state index in [0.717, 1.165) is 24.8 Å². The van der Waals surface area contributed by atoms with Crippen LogP contribution in [0.1, 0.15) is 56.9 Å². The van der Waals surface area contributed by atoms with Crippen LogP contribution in [0.2, 0.25) is 0 Å². The fourth-order valence-corrected chi connectivity index (χ4v) is 3.56. The molecule has 1 amide bonds. The average Bonchev–Trinajstić information content (AvgIpc) is 2.94. The van der Waals surface area contributed by atoms with Crippen LogP contribution in [0.25, 0.3) is 0 Å². The molecule has 2 aromatic heterocycles. The van der Waals surface area contributed by atoms with Crippen molar-refractivity contribution in [1.82, 2.24) is 14.9 Å². The summed E-state index contributed by atoms with van der Waals surface area (Å²) in [6.45, 7) is 3.78. The van der Waals surface area contributed by atoms with Gasteiger partial charge in [-0.15, -0.1) is 0 Å². The minimum atomic E-state index is -0.515. The standard InChI is InChI=1S/C21H25N3O4/c1-13-18(14(2)23-19(13)21(27)28-3)17(25)12-24(20(26)16-5-4-6-16)11-15-7-9-22-10-8-15/h7-10,16,23H,4-6,11-12H2,1-3H3. The van der Waals surface area contributed by atoms with Gasteiger partial charge in [0.15, 0.2) is 5.78 Å². The number of amides is 1. The summed E-state index contributed by atoms with van der Waals surface area (Å²) in [6.07, 6.45) is 6.13. The van der Waals surface area contributed by atoms with Gasteiger partial charge in [-0.1, -0.05) is 6.42 Å². The van der Waals surface area contributed by atoms with Crippen LogP contribution in [0, 0.1) is 19.8 Å². The lowest BCUT2D eigenvalue weighted by Crippen LogP contribution is -2.41. The maximum Gasteiger partial charge on any atom is 0.354 e. The number of Topliss-reactive ketones (excluding diaryl/α,β-unsaturated/α-hetero) is 1. The van der Waals surface area contributed by atoms with E-state index in [1.54, 1.807) is 31.1 Å². The maximum absolute atomic E-state index is 13.1. The monoisotopic (exact) mass is 383 g/mol. The number of rotatable bonds is 7. The lowest BCUT2D eigenvalue weighted by Gasteiger charge is -2.31. The molecule has 2 heterocycles. The van der Waals surface area contributed by atoms with Gasteiger partial charge in [0.25, 0.3) is 0 Å². The number of carbonyl (C=O) groups is 3. The molecule has 1 N–H and O–H groups in total. The van der Waals surface area contributed by atoms with E-state index in [4.69, 9.17) is 4.74 Å². The highest BCUT2D eigenvalue weighted by molar-refractivity contribution is 6.04. The Bertz CT molecular complexity index is 885. The first kappa shape index (κ1) is 19.8. The van der Waals surface area contributed by atoms with Crippen LogP contribution in [0.4, 0.5) is 0 Å². The Morgan fingerprint density at radius 1 is 1.21 bits per heavy atom. The van der Waals surface area contributed by atoms with Crippen LogP contribution in [-0.4, -0.2) is 46.2 Å². The molecule has 0 bridgehead atoms. The highest BCUT2D eigenvalue weighted by Gasteiger charge is 2.32. The normalized spacial score (nSPS) is 13.7. The van der Waals surface area contributed by atoms with Gasteiger partial charge in [-0.3, -0.25) is 14.6 Å². The zero-order chi connectivity index (χ0) is 20.3. The smallest absolute Gasteiger partial charge is 0.354 e. The van der Waals surface area contributed by atoms with E-state index >= 15 is 0 Å². The van der Waals surface area contributed by atoms with Gasteiger partial charge in [0.1, 0.15) is 5.69 Å². The van der Waals surface area contributed by atoms with Crippen molar-refractivity contribution in [1.29, 1.82) is 0 Å². The van der Waals surface area contributed by atoms with Crippen LogP contribution in [0.15, 0.2) is 24.5 Å². The third-order valence-corrected chi connectivity index (χ3v) is 5.33. The molecule has 1 aliphatic carbocycles. The molecule has 148 valence electrons. The number of pyridine rings is 1. The fraction of sp³-hybridized carbons (Fsp3) is 0.429. The lowest BCUT2D eigenvalue weighted by molar-refractivity contribution is -0.138. The molecular weight excluding hydrogens is 358 g/mol. The second kappa shape index (κ2) is 8.37. The molecule has 7 nitrogen and oxygen atoms in total. The number of aromatic amines is 1. The Kier molecular flexibility index (Phi) is 5.92. The molecule has 0 aromatic carbocycles. The van der Waals surface area contributed by atoms with Crippen molar-refractivity contribution in [3.63, 3.8) is 0 Å². The maximum atomic E-state index is 13.1. The topological polar surface area (TPSA) is 92.4 Å². The highest BCUT2D eigenvalue weighted by atomic mass is 16.5. The lowest BCUT2D eigenvalue weighted by atomic mass is 9.84. The predicted molar refractivity (Wildman–Crippen MR) is 103 cm³/mol. The molecule has 2 aromatic rings. The molecule has 0 aliphatic heterocycles. The van der Waals surface area contributed by atoms with Gasteiger partial charge in [-0.25, -0.2) is 4.79 Å². The Morgan fingerprint density at radius 3 is 2.46 bits per heavy atom. The molecule has 0 radical (unpaired) electrons. The van der Waals surface area contributed by atoms with E-state index in [0.29, 0.717) is 23.4 Å². The number of aryl methyl sites for hydroxylation is 1. The van der Waals surface area contributed by atoms with E-state index in [1.165, 1.54) is 7.11 Å². The molecule has 3 rings (SSSR count). The quantitative estimate of drug-likeness (QED) is 0.586. The number of carbonyl (C=O) groups excluding carboxylic acids is 3. The average molecular weight is 383 g/mol. The van der Waals surface area contributed by atoms with Gasteiger partial charge in [0, 0.05) is 36.1 Å². The van der Waals surface area contributed by atoms with Crippen LogP contribution in [0.3, 0.4) is 0 Å². The number of nitrogens with one attached hydrogen (secondary N) is 1. The van der Waals surface area contributed by atoms with Crippen molar-refractivity contribution in [3.8, 4) is 0 Å². The second-order valence-corrected chi connectivity index (χ2v) is 7.22. The summed E-state index contributed by atoms with van der Waals surface area (Å²) in [5.74, 6) is -0.703. The fourth-order valence-electron chi connectivity index (χ4n) is 3.56. The molecule has 1 aliphatic rings. The molecule has 0 spiro atoms. The van der Waals surface area contributed by atoms with E-state index in [1.807, 2.05) is 12.1 Å².